The molecule has 12 heteroatoms. The third-order valence-corrected chi connectivity index (χ3v) is 4.80. The quantitative estimate of drug-likeness (QED) is 0.627. The van der Waals surface area contributed by atoms with Gasteiger partial charge in [0.05, 0.1) is 6.61 Å². The number of alkyl halides is 6. The third-order valence-electron chi connectivity index (χ3n) is 4.80. The second-order valence-corrected chi connectivity index (χ2v) is 6.82. The number of hydrogen-bond donors (Lipinski definition) is 1. The summed E-state index contributed by atoms with van der Waals surface area (Å²) in [6.07, 6.45) is -8.89. The lowest BCUT2D eigenvalue weighted by atomic mass is 9.84. The van der Waals surface area contributed by atoms with E-state index >= 15 is 0 Å². The molecule has 29 heavy (non-hydrogen) atoms. The van der Waals surface area contributed by atoms with Gasteiger partial charge in [0, 0.05) is 5.92 Å². The van der Waals surface area contributed by atoms with Gasteiger partial charge < -0.3 is 14.3 Å². The Hall–Kier alpha value is -2.37. The Kier molecular flexibility index (Phi) is 5.50. The zero-order valence-corrected chi connectivity index (χ0v) is 15.1. The van der Waals surface area contributed by atoms with Crippen molar-refractivity contribution in [2.75, 3.05) is 6.61 Å². The highest BCUT2D eigenvalue weighted by atomic mass is 19.4. The van der Waals surface area contributed by atoms with Crippen molar-refractivity contribution in [2.24, 2.45) is 5.92 Å². The van der Waals surface area contributed by atoms with E-state index in [2.05, 4.69) is 15.2 Å². The van der Waals surface area contributed by atoms with Crippen LogP contribution in [0.1, 0.15) is 44.1 Å². The summed E-state index contributed by atoms with van der Waals surface area (Å²) in [5.41, 5.74) is -4.83. The molecule has 160 valence electrons. The van der Waals surface area contributed by atoms with Crippen molar-refractivity contribution in [1.82, 2.24) is 15.2 Å². The fourth-order valence-electron chi connectivity index (χ4n) is 3.08. The minimum Gasteiger partial charge on any atom is -0.477 e. The Balaban J connectivity index is 2.12. The summed E-state index contributed by atoms with van der Waals surface area (Å²) < 4.78 is 90.7. The summed E-state index contributed by atoms with van der Waals surface area (Å²) in [4.78, 5) is 3.70. The van der Waals surface area contributed by atoms with Gasteiger partial charge in [0.25, 0.3) is 11.8 Å². The van der Waals surface area contributed by atoms with Crippen LogP contribution < -0.4 is 4.74 Å². The number of rotatable bonds is 0. The SMILES string of the molecule is CC1CCCCCOc2nc(ccc2C(F)(F)F)-c2nnc(o2)C1(O)C(F)(F)F. The van der Waals surface area contributed by atoms with Gasteiger partial charge in [-0.25, -0.2) is 4.98 Å². The smallest absolute Gasteiger partial charge is 0.426 e. The molecular formula is C17H17F6N3O3. The molecule has 0 aliphatic carbocycles. The summed E-state index contributed by atoms with van der Waals surface area (Å²) in [5, 5.41) is 17.2. The molecule has 3 heterocycles. The molecule has 2 atom stereocenters. The molecule has 6 nitrogen and oxygen atoms in total. The second kappa shape index (κ2) is 7.47. The van der Waals surface area contributed by atoms with Gasteiger partial charge in [-0.2, -0.15) is 26.3 Å². The fraction of sp³-hybridized carbons (Fsp3) is 0.588. The molecule has 4 bridgehead atoms. The van der Waals surface area contributed by atoms with Crippen molar-refractivity contribution < 1.29 is 40.6 Å². The molecule has 2 aromatic rings. The Bertz CT molecular complexity index is 867. The first-order chi connectivity index (χ1) is 13.4. The van der Waals surface area contributed by atoms with E-state index in [1.807, 2.05) is 0 Å². The molecule has 0 saturated heterocycles. The van der Waals surface area contributed by atoms with Crippen LogP contribution in [0.25, 0.3) is 11.6 Å². The van der Waals surface area contributed by atoms with Crippen LogP contribution in [0.15, 0.2) is 16.5 Å². The van der Waals surface area contributed by atoms with Crippen molar-refractivity contribution in [3.05, 3.63) is 23.6 Å². The van der Waals surface area contributed by atoms with Crippen molar-refractivity contribution in [3.63, 3.8) is 0 Å². The first-order valence-electron chi connectivity index (χ1n) is 8.79. The number of aliphatic hydroxyl groups is 1. The van der Waals surface area contributed by atoms with Crippen molar-refractivity contribution in [3.8, 4) is 17.5 Å². The van der Waals surface area contributed by atoms with E-state index in [0.717, 1.165) is 6.07 Å². The van der Waals surface area contributed by atoms with Gasteiger partial charge in [-0.05, 0) is 25.0 Å². The maximum Gasteiger partial charge on any atom is 0.426 e. The molecule has 0 saturated carbocycles. The number of halogens is 6. The van der Waals surface area contributed by atoms with Crippen LogP contribution in [-0.2, 0) is 11.8 Å². The number of fused-ring (bicyclic) bond motifs is 5. The molecule has 0 aromatic carbocycles. The zero-order chi connectivity index (χ0) is 21.4. The highest BCUT2D eigenvalue weighted by Gasteiger charge is 2.62. The van der Waals surface area contributed by atoms with E-state index in [9.17, 15) is 31.4 Å². The van der Waals surface area contributed by atoms with E-state index in [1.54, 1.807) is 0 Å². The van der Waals surface area contributed by atoms with Crippen molar-refractivity contribution >= 4 is 0 Å². The Morgan fingerprint density at radius 2 is 1.79 bits per heavy atom. The minimum absolute atomic E-state index is 0.0227. The molecule has 1 aliphatic rings. The molecule has 2 aromatic heterocycles. The first-order valence-corrected chi connectivity index (χ1v) is 8.79. The van der Waals surface area contributed by atoms with Crippen LogP contribution in [0, 0.1) is 5.92 Å². The maximum absolute atomic E-state index is 13.7. The standard InChI is InChI=1S/C17H17F6N3O3/c1-9-5-3-2-4-8-28-12-10(16(18,19)20)6-7-11(24-12)13-25-26-14(29-13)15(9,27)17(21,22)23/h6-7,9,27H,2-5,8H2,1H3. The molecule has 1 N–H and O–H groups in total. The number of aromatic nitrogens is 3. The van der Waals surface area contributed by atoms with Crippen molar-refractivity contribution in [1.29, 1.82) is 0 Å². The second-order valence-electron chi connectivity index (χ2n) is 6.82. The summed E-state index contributed by atoms with van der Waals surface area (Å²) in [7, 11) is 0. The van der Waals surface area contributed by atoms with Gasteiger partial charge in [0.1, 0.15) is 11.3 Å². The van der Waals surface area contributed by atoms with Crippen molar-refractivity contribution in [2.45, 2.75) is 50.6 Å². The van der Waals surface area contributed by atoms with Crippen LogP contribution in [0.5, 0.6) is 5.88 Å². The van der Waals surface area contributed by atoms with Gasteiger partial charge in [-0.1, -0.05) is 19.8 Å². The van der Waals surface area contributed by atoms with E-state index in [-0.39, 0.29) is 25.1 Å². The van der Waals surface area contributed by atoms with Gasteiger partial charge >= 0.3 is 12.4 Å². The summed E-state index contributed by atoms with van der Waals surface area (Å²) >= 11 is 0. The highest BCUT2D eigenvalue weighted by Crippen LogP contribution is 2.46. The Morgan fingerprint density at radius 3 is 2.45 bits per heavy atom. The average molecular weight is 425 g/mol. The molecule has 0 radical (unpaired) electrons. The number of pyridine rings is 1. The van der Waals surface area contributed by atoms with Crippen LogP contribution >= 0.6 is 0 Å². The van der Waals surface area contributed by atoms with E-state index in [1.165, 1.54) is 6.92 Å². The highest BCUT2D eigenvalue weighted by molar-refractivity contribution is 5.50. The lowest BCUT2D eigenvalue weighted by Gasteiger charge is -2.32. The van der Waals surface area contributed by atoms with Crippen LogP contribution in [-0.4, -0.2) is 33.1 Å². The van der Waals surface area contributed by atoms with Gasteiger partial charge in [-0.15, -0.1) is 10.2 Å². The summed E-state index contributed by atoms with van der Waals surface area (Å²) in [5.74, 6) is -3.68. The number of ether oxygens (including phenoxy) is 1. The maximum atomic E-state index is 13.7. The molecule has 0 spiro atoms. The van der Waals surface area contributed by atoms with Gasteiger partial charge in [0.15, 0.2) is 0 Å². The fourth-order valence-corrected chi connectivity index (χ4v) is 3.08. The summed E-state index contributed by atoms with van der Waals surface area (Å²) in [6, 6.07) is 1.56. The Labute approximate surface area is 160 Å². The van der Waals surface area contributed by atoms with E-state index in [0.29, 0.717) is 18.9 Å². The van der Waals surface area contributed by atoms with Gasteiger partial charge in [-0.3, -0.25) is 0 Å². The van der Waals surface area contributed by atoms with Crippen LogP contribution in [0.2, 0.25) is 0 Å². The predicted molar refractivity (Wildman–Crippen MR) is 85.6 cm³/mol. The van der Waals surface area contributed by atoms with Gasteiger partial charge in [0.2, 0.25) is 11.5 Å². The van der Waals surface area contributed by atoms with Crippen LogP contribution in [0.3, 0.4) is 0 Å². The van der Waals surface area contributed by atoms with E-state index in [4.69, 9.17) is 9.15 Å². The number of hydrogen-bond acceptors (Lipinski definition) is 6. The third kappa shape index (κ3) is 4.02. The first kappa shape index (κ1) is 21.3. The molecule has 2 unspecified atom stereocenters. The van der Waals surface area contributed by atoms with Crippen LogP contribution in [0.4, 0.5) is 26.3 Å². The largest absolute Gasteiger partial charge is 0.477 e. The molecule has 0 amide bonds. The Morgan fingerprint density at radius 1 is 1.07 bits per heavy atom. The minimum atomic E-state index is -5.10. The molecule has 1 aliphatic heterocycles. The zero-order valence-electron chi connectivity index (χ0n) is 15.1. The predicted octanol–water partition coefficient (Wildman–Crippen LogP) is 4.49. The average Bonchev–Trinajstić information content (AvgIpc) is 3.11. The molecule has 3 rings (SSSR count). The molecule has 0 fully saturated rings. The lowest BCUT2D eigenvalue weighted by Crippen LogP contribution is -2.48. The number of nitrogens with zero attached hydrogens (tertiary/aromatic N) is 3. The summed E-state index contributed by atoms with van der Waals surface area (Å²) in [6.45, 7) is 1.11. The molecular weight excluding hydrogens is 408 g/mol. The topological polar surface area (TPSA) is 81.3 Å². The monoisotopic (exact) mass is 425 g/mol. The lowest BCUT2D eigenvalue weighted by molar-refractivity contribution is -0.293. The van der Waals surface area contributed by atoms with E-state index < -0.39 is 47.1 Å². The normalized spacial score (nSPS) is 23.9.